The maximum absolute atomic E-state index is 13.1. The normalized spacial score (nSPS) is 26.0. The van der Waals surface area contributed by atoms with E-state index in [1.54, 1.807) is 0 Å². The molecule has 1 fully saturated rings. The molecule has 2 rings (SSSR count). The number of carbonyl (C=O) groups is 1. The van der Waals surface area contributed by atoms with E-state index < -0.39 is 45.3 Å². The van der Waals surface area contributed by atoms with Crippen molar-refractivity contribution in [3.63, 3.8) is 0 Å². The largest absolute Gasteiger partial charge is 0.480 e. The van der Waals surface area contributed by atoms with Crippen molar-refractivity contribution in [3.05, 3.63) is 35.4 Å². The topological polar surface area (TPSA) is 83.5 Å². The average molecular weight is 291 g/mol. The zero-order valence-corrected chi connectivity index (χ0v) is 10.5. The molecule has 0 bridgehead atoms. The van der Waals surface area contributed by atoms with E-state index in [0.29, 0.717) is 0 Å². The molecule has 1 aromatic carbocycles. The number of nitrogens with one attached hydrogen (secondary N) is 1. The fourth-order valence-electron chi connectivity index (χ4n) is 1.98. The van der Waals surface area contributed by atoms with Gasteiger partial charge in [-0.3, -0.25) is 10.1 Å². The Balaban J connectivity index is 2.33. The predicted molar refractivity (Wildman–Crippen MR) is 62.3 cm³/mol. The Morgan fingerprint density at radius 3 is 2.53 bits per heavy atom. The summed E-state index contributed by atoms with van der Waals surface area (Å²) in [5.41, 5.74) is 0.202. The predicted octanol–water partition coefficient (Wildman–Crippen LogP) is 0.477. The van der Waals surface area contributed by atoms with E-state index >= 15 is 0 Å². The van der Waals surface area contributed by atoms with Crippen LogP contribution < -0.4 is 5.32 Å². The standard InChI is InChI=1S/C11H11F2NO4S/c12-7-2-1-6(3-8(7)13)9-4-19(17,18)5-10(14-9)11(15)16/h1-3,9-10,14H,4-5H2,(H,15,16). The molecule has 0 aromatic heterocycles. The second kappa shape index (κ2) is 4.86. The van der Waals surface area contributed by atoms with Gasteiger partial charge in [0.25, 0.3) is 0 Å². The summed E-state index contributed by atoms with van der Waals surface area (Å²) in [7, 11) is -3.56. The lowest BCUT2D eigenvalue weighted by molar-refractivity contribution is -0.139. The molecule has 2 N–H and O–H groups in total. The van der Waals surface area contributed by atoms with Gasteiger partial charge in [0.1, 0.15) is 6.04 Å². The molecular weight excluding hydrogens is 280 g/mol. The average Bonchev–Trinajstić information content (AvgIpc) is 2.30. The van der Waals surface area contributed by atoms with Crippen LogP contribution in [0.4, 0.5) is 8.78 Å². The van der Waals surface area contributed by atoms with Gasteiger partial charge in [0, 0.05) is 6.04 Å². The highest BCUT2D eigenvalue weighted by atomic mass is 32.2. The summed E-state index contributed by atoms with van der Waals surface area (Å²) in [6, 6.07) is 0.859. The molecule has 1 aliphatic heterocycles. The zero-order valence-electron chi connectivity index (χ0n) is 9.64. The molecule has 2 atom stereocenters. The van der Waals surface area contributed by atoms with Crippen molar-refractivity contribution < 1.29 is 27.1 Å². The monoisotopic (exact) mass is 291 g/mol. The Kier molecular flexibility index (Phi) is 3.55. The number of carboxylic acid groups (broad SMARTS) is 1. The smallest absolute Gasteiger partial charge is 0.321 e. The maximum atomic E-state index is 13.1. The maximum Gasteiger partial charge on any atom is 0.321 e. The van der Waals surface area contributed by atoms with Gasteiger partial charge in [-0.2, -0.15) is 0 Å². The summed E-state index contributed by atoms with van der Waals surface area (Å²) in [5, 5.41) is 11.5. The molecule has 0 radical (unpaired) electrons. The van der Waals surface area contributed by atoms with Crippen LogP contribution in [0.3, 0.4) is 0 Å². The Bertz CT molecular complexity index is 617. The lowest BCUT2D eigenvalue weighted by Crippen LogP contribution is -2.51. The first-order valence-electron chi connectivity index (χ1n) is 5.43. The van der Waals surface area contributed by atoms with Gasteiger partial charge in [-0.1, -0.05) is 6.07 Å². The molecule has 0 amide bonds. The molecule has 0 saturated carbocycles. The lowest BCUT2D eigenvalue weighted by atomic mass is 10.1. The molecule has 1 aliphatic rings. The van der Waals surface area contributed by atoms with Crippen LogP contribution in [0.5, 0.6) is 0 Å². The molecule has 5 nitrogen and oxygen atoms in total. The number of halogens is 2. The summed E-state index contributed by atoms with van der Waals surface area (Å²) in [6.45, 7) is 0. The highest BCUT2D eigenvalue weighted by Gasteiger charge is 2.35. The third kappa shape index (κ3) is 3.07. The number of aliphatic carboxylic acids is 1. The van der Waals surface area contributed by atoms with Crippen LogP contribution in [0, 0.1) is 11.6 Å². The van der Waals surface area contributed by atoms with Crippen molar-refractivity contribution in [2.75, 3.05) is 11.5 Å². The summed E-state index contributed by atoms with van der Waals surface area (Å²) in [5.74, 6) is -4.30. The minimum atomic E-state index is -3.56. The van der Waals surface area contributed by atoms with Crippen molar-refractivity contribution >= 4 is 15.8 Å². The zero-order chi connectivity index (χ0) is 14.2. The third-order valence-electron chi connectivity index (χ3n) is 2.89. The molecule has 0 spiro atoms. The summed E-state index contributed by atoms with van der Waals surface area (Å²) < 4.78 is 49.2. The number of hydrogen-bond acceptors (Lipinski definition) is 4. The van der Waals surface area contributed by atoms with E-state index in [-0.39, 0.29) is 11.3 Å². The molecule has 104 valence electrons. The summed E-state index contributed by atoms with van der Waals surface area (Å²) >= 11 is 0. The van der Waals surface area contributed by atoms with Crippen molar-refractivity contribution in [3.8, 4) is 0 Å². The fraction of sp³-hybridized carbons (Fsp3) is 0.364. The Morgan fingerprint density at radius 1 is 1.26 bits per heavy atom. The van der Waals surface area contributed by atoms with Crippen LogP contribution in [0.2, 0.25) is 0 Å². The second-order valence-electron chi connectivity index (χ2n) is 4.36. The van der Waals surface area contributed by atoms with Crippen molar-refractivity contribution in [2.24, 2.45) is 0 Å². The SMILES string of the molecule is O=C(O)C1CS(=O)(=O)CC(c2ccc(F)c(F)c2)N1. The van der Waals surface area contributed by atoms with Gasteiger partial charge in [0.15, 0.2) is 21.5 Å². The number of carboxylic acids is 1. The lowest BCUT2D eigenvalue weighted by Gasteiger charge is -2.28. The molecule has 1 aromatic rings. The second-order valence-corrected chi connectivity index (χ2v) is 6.51. The third-order valence-corrected chi connectivity index (χ3v) is 4.57. The highest BCUT2D eigenvalue weighted by molar-refractivity contribution is 7.91. The molecular formula is C11H11F2NO4S. The highest BCUT2D eigenvalue weighted by Crippen LogP contribution is 2.22. The molecule has 19 heavy (non-hydrogen) atoms. The summed E-state index contributed by atoms with van der Waals surface area (Å²) in [4.78, 5) is 10.9. The molecule has 0 aliphatic carbocycles. The minimum Gasteiger partial charge on any atom is -0.480 e. The van der Waals surface area contributed by atoms with Crippen molar-refractivity contribution in [1.29, 1.82) is 0 Å². The van der Waals surface area contributed by atoms with Gasteiger partial charge < -0.3 is 5.11 Å². The number of sulfone groups is 1. The van der Waals surface area contributed by atoms with Crippen LogP contribution in [0.15, 0.2) is 18.2 Å². The number of benzene rings is 1. The van der Waals surface area contributed by atoms with Gasteiger partial charge >= 0.3 is 5.97 Å². The van der Waals surface area contributed by atoms with Gasteiger partial charge in [0.2, 0.25) is 0 Å². The first-order chi connectivity index (χ1) is 8.78. The van der Waals surface area contributed by atoms with Gasteiger partial charge in [-0.05, 0) is 17.7 Å². The van der Waals surface area contributed by atoms with Crippen LogP contribution in [-0.4, -0.2) is 37.0 Å². The van der Waals surface area contributed by atoms with E-state index in [0.717, 1.165) is 12.1 Å². The quantitative estimate of drug-likeness (QED) is 0.828. The Hall–Kier alpha value is -1.54. The van der Waals surface area contributed by atoms with Crippen LogP contribution in [-0.2, 0) is 14.6 Å². The van der Waals surface area contributed by atoms with E-state index in [2.05, 4.69) is 5.32 Å². The Labute approximate surface area is 108 Å². The first kappa shape index (κ1) is 13.9. The first-order valence-corrected chi connectivity index (χ1v) is 7.25. The number of hydrogen-bond donors (Lipinski definition) is 2. The van der Waals surface area contributed by atoms with Crippen LogP contribution in [0.1, 0.15) is 11.6 Å². The van der Waals surface area contributed by atoms with Crippen LogP contribution >= 0.6 is 0 Å². The van der Waals surface area contributed by atoms with E-state index in [4.69, 9.17) is 5.11 Å². The molecule has 8 heteroatoms. The van der Waals surface area contributed by atoms with Gasteiger partial charge in [-0.25, -0.2) is 17.2 Å². The van der Waals surface area contributed by atoms with Gasteiger partial charge in [0.05, 0.1) is 11.5 Å². The minimum absolute atomic E-state index is 0.202. The number of rotatable bonds is 2. The van der Waals surface area contributed by atoms with Crippen molar-refractivity contribution in [1.82, 2.24) is 5.32 Å². The van der Waals surface area contributed by atoms with E-state index in [1.165, 1.54) is 6.07 Å². The van der Waals surface area contributed by atoms with Crippen LogP contribution in [0.25, 0.3) is 0 Å². The van der Waals surface area contributed by atoms with E-state index in [9.17, 15) is 22.0 Å². The summed E-state index contributed by atoms with van der Waals surface area (Å²) in [6.07, 6.45) is 0. The van der Waals surface area contributed by atoms with E-state index in [1.807, 2.05) is 0 Å². The Morgan fingerprint density at radius 2 is 1.95 bits per heavy atom. The molecule has 1 saturated heterocycles. The fourth-order valence-corrected chi connectivity index (χ4v) is 3.66. The van der Waals surface area contributed by atoms with Gasteiger partial charge in [-0.15, -0.1) is 0 Å². The molecule has 2 unspecified atom stereocenters. The van der Waals surface area contributed by atoms with Crippen molar-refractivity contribution in [2.45, 2.75) is 12.1 Å². The molecule has 1 heterocycles.